The smallest absolute Gasteiger partial charge is 0.255 e. The van der Waals surface area contributed by atoms with Gasteiger partial charge in [0.2, 0.25) is 5.91 Å². The molecule has 0 spiro atoms. The molecule has 8 heteroatoms. The Labute approximate surface area is 204 Å². The Morgan fingerprint density at radius 2 is 1.74 bits per heavy atom. The second kappa shape index (κ2) is 10.8. The molecular weight excluding hydrogens is 460 g/mol. The molecular formula is C26H32ClF2N3O2. The summed E-state index contributed by atoms with van der Waals surface area (Å²) in [4.78, 5) is 27.7. The van der Waals surface area contributed by atoms with Gasteiger partial charge in [-0.15, -0.1) is 0 Å². The Morgan fingerprint density at radius 1 is 1.09 bits per heavy atom. The van der Waals surface area contributed by atoms with E-state index < -0.39 is 17.5 Å². The average Bonchev–Trinajstić information content (AvgIpc) is 2.72. The fraction of sp³-hybridized carbons (Fsp3) is 0.462. The Kier molecular flexibility index (Phi) is 8.31. The van der Waals surface area contributed by atoms with Crippen molar-refractivity contribution in [3.8, 4) is 0 Å². The molecule has 1 aliphatic carbocycles. The summed E-state index contributed by atoms with van der Waals surface area (Å²) in [7, 11) is 0. The van der Waals surface area contributed by atoms with Crippen LogP contribution in [0.5, 0.6) is 0 Å². The molecule has 1 aliphatic rings. The molecule has 2 aromatic carbocycles. The Hall–Kier alpha value is -2.51. The van der Waals surface area contributed by atoms with E-state index in [2.05, 4.69) is 5.32 Å². The van der Waals surface area contributed by atoms with E-state index >= 15 is 0 Å². The summed E-state index contributed by atoms with van der Waals surface area (Å²) in [5.74, 6) is -2.31. The predicted octanol–water partition coefficient (Wildman–Crippen LogP) is 5.91. The first-order valence-corrected chi connectivity index (χ1v) is 11.9. The first kappa shape index (κ1) is 26.1. The molecule has 1 saturated carbocycles. The zero-order valence-electron chi connectivity index (χ0n) is 19.8. The number of rotatable bonds is 6. The number of halogens is 3. The van der Waals surface area contributed by atoms with E-state index in [1.54, 1.807) is 18.2 Å². The zero-order chi connectivity index (χ0) is 25.0. The van der Waals surface area contributed by atoms with Crippen LogP contribution in [0.4, 0.5) is 14.5 Å². The maximum Gasteiger partial charge on any atom is 0.255 e. The van der Waals surface area contributed by atoms with Crippen LogP contribution in [-0.4, -0.2) is 28.8 Å². The molecule has 1 fully saturated rings. The van der Waals surface area contributed by atoms with Crippen LogP contribution in [0.1, 0.15) is 68.8 Å². The summed E-state index contributed by atoms with van der Waals surface area (Å²) in [6, 6.07) is 7.35. The number of nitrogens with one attached hydrogen (secondary N) is 1. The normalized spacial score (nSPS) is 18.4. The number of amides is 2. The first-order chi connectivity index (χ1) is 15.9. The number of anilines is 1. The zero-order valence-corrected chi connectivity index (χ0v) is 20.6. The Balaban J connectivity index is 1.85. The first-order valence-electron chi connectivity index (χ1n) is 11.5. The van der Waals surface area contributed by atoms with Crippen molar-refractivity contribution in [1.82, 2.24) is 4.90 Å². The van der Waals surface area contributed by atoms with Crippen LogP contribution in [-0.2, 0) is 11.3 Å². The monoisotopic (exact) mass is 491 g/mol. The van der Waals surface area contributed by atoms with Gasteiger partial charge < -0.3 is 16.0 Å². The van der Waals surface area contributed by atoms with E-state index in [0.29, 0.717) is 28.8 Å². The number of benzene rings is 2. The van der Waals surface area contributed by atoms with Crippen LogP contribution in [0.25, 0.3) is 0 Å². The molecule has 3 rings (SSSR count). The van der Waals surface area contributed by atoms with Crippen LogP contribution in [0, 0.1) is 17.0 Å². The maximum absolute atomic E-state index is 13.5. The fourth-order valence-corrected chi connectivity index (χ4v) is 4.50. The molecule has 0 aromatic heterocycles. The largest absolute Gasteiger partial charge is 0.334 e. The number of nitrogens with zero attached hydrogens (tertiary/aromatic N) is 1. The van der Waals surface area contributed by atoms with Crippen molar-refractivity contribution in [3.05, 3.63) is 64.2 Å². The lowest BCUT2D eigenvalue weighted by molar-refractivity contribution is -0.137. The molecule has 0 heterocycles. The fourth-order valence-electron chi connectivity index (χ4n) is 4.32. The van der Waals surface area contributed by atoms with Crippen molar-refractivity contribution in [2.24, 2.45) is 11.1 Å². The minimum Gasteiger partial charge on any atom is -0.334 e. The summed E-state index contributed by atoms with van der Waals surface area (Å²) < 4.78 is 27.0. The van der Waals surface area contributed by atoms with Gasteiger partial charge in [0.15, 0.2) is 0 Å². The SMILES string of the molecule is CC(C)(C)CC(=O)N(Cc1cc(NC(=O)c2cc(F)cc(F)c2)ccc1Cl)C1CCCCC1N. The third-order valence-corrected chi connectivity index (χ3v) is 6.32. The van der Waals surface area contributed by atoms with Gasteiger partial charge in [0.25, 0.3) is 5.91 Å². The molecule has 0 bridgehead atoms. The van der Waals surface area contributed by atoms with Crippen LogP contribution >= 0.6 is 11.6 Å². The van der Waals surface area contributed by atoms with Crippen molar-refractivity contribution in [2.75, 3.05) is 5.32 Å². The van der Waals surface area contributed by atoms with Crippen molar-refractivity contribution < 1.29 is 18.4 Å². The molecule has 184 valence electrons. The van der Waals surface area contributed by atoms with E-state index in [0.717, 1.165) is 37.8 Å². The average molecular weight is 492 g/mol. The van der Waals surface area contributed by atoms with Crippen molar-refractivity contribution in [2.45, 2.75) is 71.5 Å². The van der Waals surface area contributed by atoms with E-state index in [1.807, 2.05) is 25.7 Å². The van der Waals surface area contributed by atoms with Crippen molar-refractivity contribution in [1.29, 1.82) is 0 Å². The van der Waals surface area contributed by atoms with Gasteiger partial charge in [0.1, 0.15) is 11.6 Å². The molecule has 34 heavy (non-hydrogen) atoms. The summed E-state index contributed by atoms with van der Waals surface area (Å²) in [6.45, 7) is 6.30. The van der Waals surface area contributed by atoms with Gasteiger partial charge in [-0.3, -0.25) is 9.59 Å². The van der Waals surface area contributed by atoms with E-state index in [-0.39, 0.29) is 35.5 Å². The summed E-state index contributed by atoms with van der Waals surface area (Å²) in [5, 5.41) is 3.10. The lowest BCUT2D eigenvalue weighted by Crippen LogP contribution is -2.52. The van der Waals surface area contributed by atoms with Crippen LogP contribution < -0.4 is 11.1 Å². The minimum absolute atomic E-state index is 0.00981. The highest BCUT2D eigenvalue weighted by Crippen LogP contribution is 2.30. The summed E-state index contributed by atoms with van der Waals surface area (Å²) in [6.07, 6.45) is 4.11. The Morgan fingerprint density at radius 3 is 2.35 bits per heavy atom. The lowest BCUT2D eigenvalue weighted by atomic mass is 9.87. The van der Waals surface area contributed by atoms with Crippen LogP contribution in [0.2, 0.25) is 5.02 Å². The molecule has 0 radical (unpaired) electrons. The quantitative estimate of drug-likeness (QED) is 0.527. The summed E-state index contributed by atoms with van der Waals surface area (Å²) in [5.41, 5.74) is 7.16. The predicted molar refractivity (Wildman–Crippen MR) is 131 cm³/mol. The van der Waals surface area contributed by atoms with Gasteiger partial charge in [-0.05, 0) is 54.2 Å². The minimum atomic E-state index is -0.834. The van der Waals surface area contributed by atoms with Gasteiger partial charge in [0, 0.05) is 47.4 Å². The van der Waals surface area contributed by atoms with E-state index in [1.165, 1.54) is 0 Å². The molecule has 2 aromatic rings. The highest BCUT2D eigenvalue weighted by molar-refractivity contribution is 6.31. The number of carbonyl (C=O) groups excluding carboxylic acids is 2. The molecule has 0 saturated heterocycles. The molecule has 2 amide bonds. The second-order valence-corrected chi connectivity index (χ2v) is 10.6. The van der Waals surface area contributed by atoms with Gasteiger partial charge in [-0.2, -0.15) is 0 Å². The van der Waals surface area contributed by atoms with Gasteiger partial charge in [0.05, 0.1) is 0 Å². The second-order valence-electron chi connectivity index (χ2n) is 10.2. The van der Waals surface area contributed by atoms with Crippen molar-refractivity contribution >= 4 is 29.1 Å². The molecule has 0 aliphatic heterocycles. The number of carbonyl (C=O) groups is 2. The highest BCUT2D eigenvalue weighted by atomic mass is 35.5. The highest BCUT2D eigenvalue weighted by Gasteiger charge is 2.33. The topological polar surface area (TPSA) is 75.4 Å². The molecule has 2 unspecified atom stereocenters. The third-order valence-electron chi connectivity index (χ3n) is 5.95. The number of hydrogen-bond acceptors (Lipinski definition) is 3. The standard InChI is InChI=1S/C26H32ClF2N3O2/c1-26(2,3)14-24(33)32(23-7-5-4-6-22(23)30)15-17-12-20(8-9-21(17)27)31-25(34)16-10-18(28)13-19(29)11-16/h8-13,22-23H,4-7,14-15,30H2,1-3H3,(H,31,34). The van der Waals surface area contributed by atoms with E-state index in [4.69, 9.17) is 17.3 Å². The third kappa shape index (κ3) is 7.00. The summed E-state index contributed by atoms with van der Waals surface area (Å²) >= 11 is 6.47. The number of hydrogen-bond donors (Lipinski definition) is 2. The van der Waals surface area contributed by atoms with E-state index in [9.17, 15) is 18.4 Å². The number of nitrogens with two attached hydrogens (primary N) is 1. The molecule has 2 atom stereocenters. The lowest BCUT2D eigenvalue weighted by Gasteiger charge is -2.39. The van der Waals surface area contributed by atoms with Gasteiger partial charge in [-0.1, -0.05) is 45.2 Å². The molecule has 5 nitrogen and oxygen atoms in total. The maximum atomic E-state index is 13.5. The van der Waals surface area contributed by atoms with Gasteiger partial charge >= 0.3 is 0 Å². The van der Waals surface area contributed by atoms with Crippen molar-refractivity contribution in [3.63, 3.8) is 0 Å². The van der Waals surface area contributed by atoms with Crippen LogP contribution in [0.15, 0.2) is 36.4 Å². The molecule has 3 N–H and O–H groups in total. The Bertz CT molecular complexity index is 1030. The van der Waals surface area contributed by atoms with Gasteiger partial charge in [-0.25, -0.2) is 8.78 Å². The van der Waals surface area contributed by atoms with Crippen LogP contribution in [0.3, 0.4) is 0 Å².